The number of ether oxygens (including phenoxy) is 1. The molecule has 0 aromatic heterocycles. The average molecular weight is 306 g/mol. The molecule has 0 amide bonds. The molecule has 0 radical (unpaired) electrons. The second-order valence-electron chi connectivity index (χ2n) is 3.98. The number of rotatable bonds is 5. The molecule has 0 aliphatic rings. The van der Waals surface area contributed by atoms with E-state index in [0.717, 1.165) is 18.1 Å². The normalized spacial score (nSPS) is 10.5. The number of esters is 1. The molecule has 0 atom stereocenters. The molecular weight excluding hydrogens is 286 g/mol. The van der Waals surface area contributed by atoms with Crippen molar-refractivity contribution in [1.29, 1.82) is 0 Å². The van der Waals surface area contributed by atoms with Gasteiger partial charge in [-0.3, -0.25) is 8.74 Å². The second-order valence-corrected chi connectivity index (χ2v) is 5.17. The number of nitrogens with zero attached hydrogens (tertiary/aromatic N) is 1. The number of carbonyl (C=O) groups excluding carboxylic acids is 1. The van der Waals surface area contributed by atoms with Crippen LogP contribution in [-0.2, 0) is 24.1 Å². The number of halogens is 1. The molecule has 7 nitrogen and oxygen atoms in total. The molecule has 0 aliphatic carbocycles. The Morgan fingerprint density at radius 2 is 1.78 bits per heavy atom. The standard InChI is InChI=1S/C8H16NO2.CH4O4S.ClH/c1-5-8(10)11-7-6-9(2,3)4;1-5-6(2,3)4;/h5H,1,6-7H2,2-4H3;1H3,(H,2,3,4);1H/q+1;;/p-1. The lowest BCUT2D eigenvalue weighted by molar-refractivity contribution is -0.870. The highest BCUT2D eigenvalue weighted by atomic mass is 35.5. The van der Waals surface area contributed by atoms with Gasteiger partial charge in [0.25, 0.3) is 0 Å². The van der Waals surface area contributed by atoms with Crippen LogP contribution in [-0.4, -0.2) is 64.8 Å². The SMILES string of the molecule is C=CC(=O)OCC[N+](C)(C)C.COS(=O)(=O)O.[Cl-]. The Morgan fingerprint density at radius 1 is 1.39 bits per heavy atom. The van der Waals surface area contributed by atoms with Crippen LogP contribution in [0, 0.1) is 0 Å². The van der Waals surface area contributed by atoms with Gasteiger partial charge in [-0.2, -0.15) is 8.42 Å². The van der Waals surface area contributed by atoms with Crippen LogP contribution in [0.1, 0.15) is 0 Å². The van der Waals surface area contributed by atoms with Crippen LogP contribution < -0.4 is 12.4 Å². The third kappa shape index (κ3) is 24.5. The Morgan fingerprint density at radius 3 is 2.00 bits per heavy atom. The highest BCUT2D eigenvalue weighted by Gasteiger charge is 2.06. The first-order chi connectivity index (χ1) is 7.52. The molecule has 0 saturated heterocycles. The van der Waals surface area contributed by atoms with E-state index in [1.807, 2.05) is 21.1 Å². The fourth-order valence-corrected chi connectivity index (χ4v) is 0.479. The van der Waals surface area contributed by atoms with Gasteiger partial charge in [-0.1, -0.05) is 6.58 Å². The summed E-state index contributed by atoms with van der Waals surface area (Å²) in [5, 5.41) is 0. The molecule has 0 aromatic carbocycles. The lowest BCUT2D eigenvalue weighted by Crippen LogP contribution is -3.00. The lowest BCUT2D eigenvalue weighted by atomic mass is 10.5. The largest absolute Gasteiger partial charge is 1.00 e. The van der Waals surface area contributed by atoms with Crippen LogP contribution in [0.2, 0.25) is 0 Å². The molecule has 9 heteroatoms. The van der Waals surface area contributed by atoms with Crippen molar-refractivity contribution in [3.8, 4) is 0 Å². The van der Waals surface area contributed by atoms with Crippen molar-refractivity contribution in [2.24, 2.45) is 0 Å². The van der Waals surface area contributed by atoms with E-state index in [4.69, 9.17) is 9.29 Å². The number of likely N-dealkylation sites (N-methyl/N-ethyl adjacent to an activating group) is 1. The minimum absolute atomic E-state index is 0. The lowest BCUT2D eigenvalue weighted by Gasteiger charge is -2.23. The molecule has 18 heavy (non-hydrogen) atoms. The predicted molar refractivity (Wildman–Crippen MR) is 62.6 cm³/mol. The Kier molecular flexibility index (Phi) is 12.8. The zero-order chi connectivity index (χ0) is 14.1. The number of quaternary nitrogens is 1. The monoisotopic (exact) mass is 305 g/mol. The fourth-order valence-electron chi connectivity index (χ4n) is 0.479. The summed E-state index contributed by atoms with van der Waals surface area (Å²) in [6.07, 6.45) is 1.18. The summed E-state index contributed by atoms with van der Waals surface area (Å²) < 4.78 is 35.3. The molecule has 110 valence electrons. The van der Waals surface area contributed by atoms with E-state index in [-0.39, 0.29) is 18.4 Å². The van der Waals surface area contributed by atoms with Crippen LogP contribution in [0.25, 0.3) is 0 Å². The van der Waals surface area contributed by atoms with Gasteiger partial charge < -0.3 is 21.6 Å². The molecule has 0 spiro atoms. The van der Waals surface area contributed by atoms with E-state index in [0.29, 0.717) is 6.61 Å². The number of hydrogen-bond acceptors (Lipinski definition) is 5. The zero-order valence-corrected chi connectivity index (χ0v) is 12.5. The van der Waals surface area contributed by atoms with Gasteiger partial charge >= 0.3 is 16.4 Å². The summed E-state index contributed by atoms with van der Waals surface area (Å²) in [6, 6.07) is 0. The topological polar surface area (TPSA) is 89.9 Å². The van der Waals surface area contributed by atoms with Gasteiger partial charge in [-0.25, -0.2) is 4.79 Å². The smallest absolute Gasteiger partial charge is 0.397 e. The highest BCUT2D eigenvalue weighted by molar-refractivity contribution is 7.80. The Labute approximate surface area is 114 Å². The van der Waals surface area contributed by atoms with Gasteiger partial charge in [0.15, 0.2) is 0 Å². The van der Waals surface area contributed by atoms with Crippen molar-refractivity contribution >= 4 is 16.4 Å². The van der Waals surface area contributed by atoms with Crippen LogP contribution >= 0.6 is 0 Å². The molecule has 1 N–H and O–H groups in total. The van der Waals surface area contributed by atoms with Gasteiger partial charge in [0.2, 0.25) is 0 Å². The molecule has 0 heterocycles. The third-order valence-electron chi connectivity index (χ3n) is 1.38. The minimum Gasteiger partial charge on any atom is -1.00 e. The quantitative estimate of drug-likeness (QED) is 0.250. The molecule has 0 aliphatic heterocycles. The molecule has 0 bridgehead atoms. The molecule has 0 rings (SSSR count). The predicted octanol–water partition coefficient (Wildman–Crippen LogP) is -3.14. The van der Waals surface area contributed by atoms with E-state index < -0.39 is 10.4 Å². The van der Waals surface area contributed by atoms with Crippen LogP contribution in [0.4, 0.5) is 0 Å². The van der Waals surface area contributed by atoms with E-state index in [2.05, 4.69) is 10.8 Å². The first kappa shape index (κ1) is 22.5. The maximum Gasteiger partial charge on any atom is 0.397 e. The summed E-state index contributed by atoms with van der Waals surface area (Å²) in [7, 11) is 2.84. The number of carbonyl (C=O) groups is 1. The maximum absolute atomic E-state index is 10.6. The van der Waals surface area contributed by atoms with Crippen molar-refractivity contribution < 1.29 is 43.6 Å². The van der Waals surface area contributed by atoms with Crippen molar-refractivity contribution in [2.45, 2.75) is 0 Å². The van der Waals surface area contributed by atoms with Gasteiger partial charge in [0.1, 0.15) is 13.2 Å². The number of hydrogen-bond donors (Lipinski definition) is 1. The van der Waals surface area contributed by atoms with Crippen molar-refractivity contribution in [3.05, 3.63) is 12.7 Å². The summed E-state index contributed by atoms with van der Waals surface area (Å²) in [6.45, 7) is 4.57. The molecular formula is C9H20ClNO6S. The molecule has 0 fully saturated rings. The summed E-state index contributed by atoms with van der Waals surface area (Å²) in [5.74, 6) is -0.349. The van der Waals surface area contributed by atoms with Crippen LogP contribution in [0.3, 0.4) is 0 Å². The van der Waals surface area contributed by atoms with E-state index in [1.165, 1.54) is 6.08 Å². The Bertz CT molecular complexity index is 335. The van der Waals surface area contributed by atoms with Gasteiger partial charge in [0.05, 0.1) is 28.3 Å². The van der Waals surface area contributed by atoms with Crippen molar-refractivity contribution in [2.75, 3.05) is 41.4 Å². The maximum atomic E-state index is 10.6. The highest BCUT2D eigenvalue weighted by Crippen LogP contribution is 1.89. The average Bonchev–Trinajstić information content (AvgIpc) is 2.15. The summed E-state index contributed by atoms with van der Waals surface area (Å²) in [5.41, 5.74) is 0. The second kappa shape index (κ2) is 10.3. The van der Waals surface area contributed by atoms with Crippen LogP contribution in [0.15, 0.2) is 12.7 Å². The molecule has 0 unspecified atom stereocenters. The first-order valence-electron chi connectivity index (χ1n) is 4.64. The fraction of sp³-hybridized carbons (Fsp3) is 0.667. The minimum atomic E-state index is -4.16. The summed E-state index contributed by atoms with van der Waals surface area (Å²) in [4.78, 5) is 10.6. The van der Waals surface area contributed by atoms with Gasteiger partial charge in [0, 0.05) is 6.08 Å². The van der Waals surface area contributed by atoms with Gasteiger partial charge in [-0.15, -0.1) is 0 Å². The van der Waals surface area contributed by atoms with E-state index in [9.17, 15) is 13.2 Å². The zero-order valence-electron chi connectivity index (χ0n) is 10.9. The van der Waals surface area contributed by atoms with Crippen molar-refractivity contribution in [1.82, 2.24) is 0 Å². The summed E-state index contributed by atoms with van der Waals surface area (Å²) >= 11 is 0. The molecule has 0 saturated carbocycles. The third-order valence-corrected chi connectivity index (χ3v) is 1.80. The Balaban J connectivity index is -0.000000277. The Hall–Kier alpha value is -0.670. The van der Waals surface area contributed by atoms with E-state index >= 15 is 0 Å². The van der Waals surface area contributed by atoms with Crippen LogP contribution in [0.5, 0.6) is 0 Å². The van der Waals surface area contributed by atoms with E-state index in [1.54, 1.807) is 0 Å². The van der Waals surface area contributed by atoms with Crippen molar-refractivity contribution in [3.63, 3.8) is 0 Å². The molecule has 0 aromatic rings. The first-order valence-corrected chi connectivity index (χ1v) is 6.01. The van der Waals surface area contributed by atoms with Gasteiger partial charge in [-0.05, 0) is 0 Å².